The van der Waals surface area contributed by atoms with Crippen molar-refractivity contribution >= 4 is 11.6 Å². The van der Waals surface area contributed by atoms with Gasteiger partial charge in [-0.05, 0) is 35.4 Å². The van der Waals surface area contributed by atoms with Gasteiger partial charge < -0.3 is 9.84 Å². The molecule has 2 aromatic rings. The van der Waals surface area contributed by atoms with Crippen molar-refractivity contribution in [2.75, 3.05) is 7.11 Å². The Hall–Kier alpha value is -1.65. The lowest BCUT2D eigenvalue weighted by atomic mass is 10.0. The number of benzene rings is 2. The average Bonchev–Trinajstić information content (AvgIpc) is 2.42. The maximum Gasteiger partial charge on any atom is 0.159 e. The molecule has 0 saturated heterocycles. The molecule has 0 aliphatic heterocycles. The summed E-state index contributed by atoms with van der Waals surface area (Å²) in [4.78, 5) is 0. The van der Waals surface area contributed by atoms with E-state index in [1.54, 1.807) is 18.2 Å². The molecule has 2 rings (SSSR count). The Bertz CT molecular complexity index is 617. The first kappa shape index (κ1) is 14.8. The molecule has 0 aliphatic carbocycles. The number of hydrogen-bond donors (Lipinski definition) is 1. The van der Waals surface area contributed by atoms with E-state index in [1.807, 2.05) is 0 Å². The summed E-state index contributed by atoms with van der Waals surface area (Å²) in [6.45, 7) is 0. The van der Waals surface area contributed by atoms with Crippen molar-refractivity contribution in [3.63, 3.8) is 0 Å². The van der Waals surface area contributed by atoms with Crippen LogP contribution in [0.15, 0.2) is 36.4 Å². The topological polar surface area (TPSA) is 29.5 Å². The van der Waals surface area contributed by atoms with Gasteiger partial charge in [0.1, 0.15) is 5.75 Å². The maximum atomic E-state index is 13.1. The maximum absolute atomic E-state index is 13.1. The van der Waals surface area contributed by atoms with Crippen LogP contribution in [0.1, 0.15) is 17.2 Å². The molecule has 1 N–H and O–H groups in total. The zero-order chi connectivity index (χ0) is 14.7. The van der Waals surface area contributed by atoms with Gasteiger partial charge in [0.05, 0.1) is 18.2 Å². The fraction of sp³-hybridized carbons (Fsp3) is 0.200. The average molecular weight is 299 g/mol. The lowest BCUT2D eigenvalue weighted by Gasteiger charge is -2.13. The summed E-state index contributed by atoms with van der Waals surface area (Å²) in [5.41, 5.74) is 1.09. The van der Waals surface area contributed by atoms with Crippen molar-refractivity contribution in [2.24, 2.45) is 0 Å². The van der Waals surface area contributed by atoms with E-state index in [-0.39, 0.29) is 6.42 Å². The van der Waals surface area contributed by atoms with Crippen LogP contribution in [0.4, 0.5) is 8.78 Å². The van der Waals surface area contributed by atoms with Crippen LogP contribution in [-0.4, -0.2) is 12.2 Å². The van der Waals surface area contributed by atoms with Crippen LogP contribution in [0.5, 0.6) is 5.75 Å². The first-order chi connectivity index (χ1) is 9.51. The lowest BCUT2D eigenvalue weighted by molar-refractivity contribution is 0.178. The molecule has 106 valence electrons. The van der Waals surface area contributed by atoms with Gasteiger partial charge in [-0.1, -0.05) is 23.7 Å². The Morgan fingerprint density at radius 2 is 1.90 bits per heavy atom. The molecular weight excluding hydrogens is 286 g/mol. The highest BCUT2D eigenvalue weighted by atomic mass is 35.5. The summed E-state index contributed by atoms with van der Waals surface area (Å²) in [5, 5.41) is 10.5. The summed E-state index contributed by atoms with van der Waals surface area (Å²) in [6.07, 6.45) is -0.692. The van der Waals surface area contributed by atoms with E-state index >= 15 is 0 Å². The van der Waals surface area contributed by atoms with Crippen molar-refractivity contribution in [1.82, 2.24) is 0 Å². The van der Waals surface area contributed by atoms with Crippen LogP contribution >= 0.6 is 11.6 Å². The van der Waals surface area contributed by atoms with E-state index in [0.717, 1.165) is 12.1 Å². The molecule has 0 fully saturated rings. The molecule has 0 spiro atoms. The summed E-state index contributed by atoms with van der Waals surface area (Å²) in [6, 6.07) is 8.46. The third kappa shape index (κ3) is 3.26. The largest absolute Gasteiger partial charge is 0.495 e. The minimum absolute atomic E-state index is 0.167. The summed E-state index contributed by atoms with van der Waals surface area (Å²) < 4.78 is 30.9. The van der Waals surface area contributed by atoms with Crippen LogP contribution in [0.3, 0.4) is 0 Å². The normalized spacial score (nSPS) is 12.2. The Morgan fingerprint density at radius 1 is 1.15 bits per heavy atom. The minimum atomic E-state index is -0.928. The molecule has 0 aliphatic rings. The highest BCUT2D eigenvalue weighted by Crippen LogP contribution is 2.29. The molecule has 0 bridgehead atoms. The third-order valence-electron chi connectivity index (χ3n) is 2.97. The van der Waals surface area contributed by atoms with E-state index in [4.69, 9.17) is 16.3 Å². The summed E-state index contributed by atoms with van der Waals surface area (Å²) >= 11 is 5.98. The van der Waals surface area contributed by atoms with Gasteiger partial charge in [0.2, 0.25) is 0 Å². The van der Waals surface area contributed by atoms with Gasteiger partial charge in [0, 0.05) is 6.42 Å². The molecule has 0 aromatic heterocycles. The molecule has 0 amide bonds. The Balaban J connectivity index is 2.17. The Labute approximate surface area is 120 Å². The van der Waals surface area contributed by atoms with Crippen molar-refractivity contribution < 1.29 is 18.6 Å². The summed E-state index contributed by atoms with van der Waals surface area (Å²) in [7, 11) is 1.50. The number of methoxy groups -OCH3 is 1. The van der Waals surface area contributed by atoms with Crippen LogP contribution in [0.2, 0.25) is 5.02 Å². The molecule has 2 aromatic carbocycles. The zero-order valence-electron chi connectivity index (χ0n) is 10.7. The number of aliphatic hydroxyl groups excluding tert-OH is 1. The second-order valence-electron chi connectivity index (χ2n) is 4.36. The number of hydrogen-bond acceptors (Lipinski definition) is 2. The quantitative estimate of drug-likeness (QED) is 0.927. The van der Waals surface area contributed by atoms with Crippen molar-refractivity contribution in [3.05, 3.63) is 64.2 Å². The van der Waals surface area contributed by atoms with Gasteiger partial charge in [0.15, 0.2) is 11.6 Å². The van der Waals surface area contributed by atoms with Gasteiger partial charge >= 0.3 is 0 Å². The molecule has 1 unspecified atom stereocenters. The highest BCUT2D eigenvalue weighted by Gasteiger charge is 2.12. The molecule has 0 radical (unpaired) electrons. The van der Waals surface area contributed by atoms with Crippen molar-refractivity contribution in [3.8, 4) is 5.75 Å². The number of aliphatic hydroxyl groups is 1. The fourth-order valence-electron chi connectivity index (χ4n) is 1.90. The predicted octanol–water partition coefficient (Wildman–Crippen LogP) is 3.90. The lowest BCUT2D eigenvalue weighted by Crippen LogP contribution is -2.03. The molecular formula is C15H13ClF2O2. The minimum Gasteiger partial charge on any atom is -0.495 e. The van der Waals surface area contributed by atoms with Crippen LogP contribution in [-0.2, 0) is 6.42 Å². The molecule has 20 heavy (non-hydrogen) atoms. The summed E-state index contributed by atoms with van der Waals surface area (Å²) in [5.74, 6) is -1.33. The predicted molar refractivity (Wildman–Crippen MR) is 73.0 cm³/mol. The zero-order valence-corrected chi connectivity index (χ0v) is 11.5. The van der Waals surface area contributed by atoms with Gasteiger partial charge in [-0.25, -0.2) is 8.78 Å². The van der Waals surface area contributed by atoms with Crippen molar-refractivity contribution in [1.29, 1.82) is 0 Å². The van der Waals surface area contributed by atoms with Gasteiger partial charge in [-0.3, -0.25) is 0 Å². The van der Waals surface area contributed by atoms with Crippen LogP contribution in [0, 0.1) is 11.6 Å². The van der Waals surface area contributed by atoms with Gasteiger partial charge in [-0.15, -0.1) is 0 Å². The molecule has 0 saturated carbocycles. The SMILES string of the molecule is COc1ccc(C(O)Cc2ccc(F)c(F)c2)cc1Cl. The number of rotatable bonds is 4. The van der Waals surface area contributed by atoms with Gasteiger partial charge in [0.25, 0.3) is 0 Å². The monoisotopic (exact) mass is 298 g/mol. The van der Waals surface area contributed by atoms with E-state index in [0.29, 0.717) is 21.9 Å². The molecule has 0 heterocycles. The molecule has 5 heteroatoms. The van der Waals surface area contributed by atoms with E-state index in [9.17, 15) is 13.9 Å². The highest BCUT2D eigenvalue weighted by molar-refractivity contribution is 6.32. The van der Waals surface area contributed by atoms with Crippen LogP contribution in [0.25, 0.3) is 0 Å². The Kier molecular flexibility index (Phi) is 4.57. The number of ether oxygens (including phenoxy) is 1. The standard InChI is InChI=1S/C15H13ClF2O2/c1-20-15-5-3-10(8-11(15)16)14(19)7-9-2-4-12(17)13(18)6-9/h2-6,8,14,19H,7H2,1H3. The third-order valence-corrected chi connectivity index (χ3v) is 3.27. The second-order valence-corrected chi connectivity index (χ2v) is 4.77. The smallest absolute Gasteiger partial charge is 0.159 e. The second kappa shape index (κ2) is 6.20. The van der Waals surface area contributed by atoms with E-state index < -0.39 is 17.7 Å². The van der Waals surface area contributed by atoms with Gasteiger partial charge in [-0.2, -0.15) is 0 Å². The van der Waals surface area contributed by atoms with Crippen LogP contribution < -0.4 is 4.74 Å². The first-order valence-electron chi connectivity index (χ1n) is 5.96. The van der Waals surface area contributed by atoms with E-state index in [1.165, 1.54) is 13.2 Å². The molecule has 2 nitrogen and oxygen atoms in total. The van der Waals surface area contributed by atoms with Crippen molar-refractivity contribution in [2.45, 2.75) is 12.5 Å². The molecule has 1 atom stereocenters. The fourth-order valence-corrected chi connectivity index (χ4v) is 2.16. The van der Waals surface area contributed by atoms with E-state index in [2.05, 4.69) is 0 Å². The Morgan fingerprint density at radius 3 is 2.50 bits per heavy atom. The first-order valence-corrected chi connectivity index (χ1v) is 6.34. The number of halogens is 3.